The first-order valence-corrected chi connectivity index (χ1v) is 39.5. The number of carbonyl (C=O) groups is 12. The summed E-state index contributed by atoms with van der Waals surface area (Å²) in [5, 5.41) is 5.70. The molecule has 30 heteroatoms. The molecule has 0 aromatic carbocycles. The van der Waals surface area contributed by atoms with E-state index in [2.05, 4.69) is 17.6 Å². The standard InChI is InChI=1S/C77H121F5N12O13/c1-14-47(5)64-73(104)92-38-24-28-57(92)70(101)88(10)56-27-18-17-23-37-93(72(56)103)59(41-48-31-29-46(4)30-32-48)69(100)86(8)45-61(95)83-54(34-33-49-39-52(78)63(53(79)40-49)77(80,81)82)67(98)94-44-51(107-16-3)42-60(94)71(102)91(13)76(35-21-22-36-76)75(106)90(12)65(50-25-19-20-26-50)74(105)89(11)58(68(99)85(6)7)43-62(96)87(9)55(15-2)66(97)84-64/h17-18,46-60,63-65H,14-16,19-45H2,1-13H3,(H,83,95)(H,84,97)/b18-17-/t46?,47-,48?,49?,51+,52?,53?,54-,55-,56-,57-,58-,59-,60-,63?,64-,65-/m0/s1. The number of likely N-dealkylation sites (N-methyl/N-ethyl adjacent to an activating group) is 7. The molecule has 8 rings (SSSR count). The molecule has 0 radical (unpaired) electrons. The Bertz CT molecular complexity index is 3210. The zero-order valence-electron chi connectivity index (χ0n) is 65.4. The Morgan fingerprint density at radius 1 is 0.645 bits per heavy atom. The van der Waals surface area contributed by atoms with Crippen LogP contribution >= 0.6 is 0 Å². The Hall–Kier alpha value is -7.01. The molecule has 4 aliphatic carbocycles. The van der Waals surface area contributed by atoms with E-state index in [-0.39, 0.29) is 89.9 Å². The summed E-state index contributed by atoms with van der Waals surface area (Å²) in [6, 6.07) is -11.6. The first-order chi connectivity index (χ1) is 50.5. The van der Waals surface area contributed by atoms with Crippen molar-refractivity contribution in [3.8, 4) is 0 Å². The highest BCUT2D eigenvalue weighted by Gasteiger charge is 2.57. The summed E-state index contributed by atoms with van der Waals surface area (Å²) < 4.78 is 79.3. The first kappa shape index (κ1) is 85.6. The van der Waals surface area contributed by atoms with E-state index in [4.69, 9.17) is 4.74 Å². The molecule has 2 unspecified atom stereocenters. The van der Waals surface area contributed by atoms with Crippen molar-refractivity contribution in [1.82, 2.24) is 59.6 Å². The van der Waals surface area contributed by atoms with E-state index in [0.717, 1.165) is 30.6 Å². The highest BCUT2D eigenvalue weighted by atomic mass is 19.4. The van der Waals surface area contributed by atoms with Gasteiger partial charge in [0.05, 0.1) is 19.1 Å². The van der Waals surface area contributed by atoms with E-state index in [0.29, 0.717) is 63.7 Å². The topological polar surface area (TPSA) is 271 Å². The van der Waals surface area contributed by atoms with Gasteiger partial charge < -0.3 is 64.4 Å². The van der Waals surface area contributed by atoms with Crippen molar-refractivity contribution in [2.75, 3.05) is 89.2 Å². The van der Waals surface area contributed by atoms with E-state index in [1.54, 1.807) is 26.8 Å². The molecular weight excluding hydrogens is 1400 g/mol. The Balaban J connectivity index is 1.22. The van der Waals surface area contributed by atoms with Crippen LogP contribution < -0.4 is 10.6 Å². The zero-order chi connectivity index (χ0) is 78.8. The molecule has 602 valence electrons. The third-order valence-corrected chi connectivity index (χ3v) is 25.3. The van der Waals surface area contributed by atoms with Crippen LogP contribution in [-0.4, -0.2) is 294 Å². The lowest BCUT2D eigenvalue weighted by molar-refractivity contribution is -0.219. The van der Waals surface area contributed by atoms with Gasteiger partial charge in [-0.05, 0) is 126 Å². The van der Waals surface area contributed by atoms with E-state index in [9.17, 15) is 32.3 Å². The molecule has 7 fully saturated rings. The molecule has 2 N–H and O–H groups in total. The summed E-state index contributed by atoms with van der Waals surface area (Å²) >= 11 is 0. The summed E-state index contributed by atoms with van der Waals surface area (Å²) in [5.74, 6) is -12.5. The number of hydrogen-bond donors (Lipinski definition) is 2. The maximum absolute atomic E-state index is 15.9. The maximum Gasteiger partial charge on any atom is 0.397 e. The fraction of sp³-hybridized carbons (Fsp3) is 0.818. The quantitative estimate of drug-likeness (QED) is 0.158. The lowest BCUT2D eigenvalue weighted by atomic mass is 9.76. The zero-order valence-corrected chi connectivity index (χ0v) is 65.4. The summed E-state index contributed by atoms with van der Waals surface area (Å²) in [6.45, 7) is 8.53. The SMILES string of the molecule is CCO[C@@H]1C[C@H]2C(=O)N(C)C3(CCCC3)C(=O)N(C)[C@@H](C3CCCC3)C(=O)N(C)[C@H](C(=O)N(C)C)CC(=O)N(C)[C@@H](CC)C(=O)N[C@@H]([C@@H](C)CC)C(=O)N3CCC[C@H]3C(=O)N(C)[C@H]3C/C=C\CCN(C3=O)[C@@H](CC3CCC(C)CC3)C(=O)N(C)CC(=O)N[C@@H](CCC3CC(F)C(C(F)(F)F)C(F)C3)C(=O)N2C1. The molecule has 4 aliphatic heterocycles. The van der Waals surface area contributed by atoms with Gasteiger partial charge in [-0.2, -0.15) is 13.2 Å². The summed E-state index contributed by atoms with van der Waals surface area (Å²) in [4.78, 5) is 197. The van der Waals surface area contributed by atoms with E-state index in [1.807, 2.05) is 13.0 Å². The van der Waals surface area contributed by atoms with Crippen molar-refractivity contribution in [1.29, 1.82) is 0 Å². The number of ether oxygens (including phenoxy) is 1. The minimum Gasteiger partial charge on any atom is -0.377 e. The molecule has 13 atom stereocenters. The number of amides is 12. The molecule has 25 nitrogen and oxygen atoms in total. The maximum atomic E-state index is 15.9. The third kappa shape index (κ3) is 19.4. The first-order valence-electron chi connectivity index (χ1n) is 39.5. The van der Waals surface area contributed by atoms with Gasteiger partial charge in [-0.25, -0.2) is 8.78 Å². The highest BCUT2D eigenvalue weighted by molar-refractivity contribution is 6.01. The van der Waals surface area contributed by atoms with Gasteiger partial charge in [0, 0.05) is 89.0 Å². The lowest BCUT2D eigenvalue weighted by Gasteiger charge is -2.45. The van der Waals surface area contributed by atoms with Crippen LogP contribution in [0.25, 0.3) is 0 Å². The normalized spacial score (nSPS) is 33.4. The van der Waals surface area contributed by atoms with Crippen LogP contribution in [-0.2, 0) is 62.3 Å². The van der Waals surface area contributed by atoms with Crippen LogP contribution in [0.1, 0.15) is 195 Å². The minimum absolute atomic E-state index is 0.0321. The predicted octanol–water partition coefficient (Wildman–Crippen LogP) is 6.44. The van der Waals surface area contributed by atoms with Gasteiger partial charge in [0.15, 0.2) is 0 Å². The van der Waals surface area contributed by atoms with Crippen LogP contribution in [0.4, 0.5) is 22.0 Å². The fourth-order valence-corrected chi connectivity index (χ4v) is 18.5. The molecule has 107 heavy (non-hydrogen) atoms. The molecule has 4 saturated carbocycles. The van der Waals surface area contributed by atoms with Gasteiger partial charge in [-0.3, -0.25) is 57.5 Å². The monoisotopic (exact) mass is 1520 g/mol. The van der Waals surface area contributed by atoms with Crippen LogP contribution in [0.15, 0.2) is 12.2 Å². The van der Waals surface area contributed by atoms with Gasteiger partial charge in [0.1, 0.15) is 78.2 Å². The van der Waals surface area contributed by atoms with Gasteiger partial charge >= 0.3 is 6.18 Å². The number of alkyl halides is 5. The van der Waals surface area contributed by atoms with Crippen molar-refractivity contribution < 1.29 is 84.2 Å². The largest absolute Gasteiger partial charge is 0.397 e. The van der Waals surface area contributed by atoms with Gasteiger partial charge in [-0.15, -0.1) is 0 Å². The number of rotatable bonds is 12. The molecule has 0 aromatic heterocycles. The van der Waals surface area contributed by atoms with Gasteiger partial charge in [-0.1, -0.05) is 97.6 Å². The van der Waals surface area contributed by atoms with E-state index < -0.39 is 205 Å². The van der Waals surface area contributed by atoms with Crippen LogP contribution in [0.3, 0.4) is 0 Å². The predicted molar refractivity (Wildman–Crippen MR) is 388 cm³/mol. The second-order valence-corrected chi connectivity index (χ2v) is 32.5. The number of hydrogen-bond acceptors (Lipinski definition) is 13. The fourth-order valence-electron chi connectivity index (χ4n) is 18.5. The summed E-state index contributed by atoms with van der Waals surface area (Å²) in [5.41, 5.74) is -1.62. The van der Waals surface area contributed by atoms with Crippen LogP contribution in [0, 0.1) is 35.5 Å². The van der Waals surface area contributed by atoms with Gasteiger partial charge in [0.2, 0.25) is 70.9 Å². The van der Waals surface area contributed by atoms with Crippen LogP contribution in [0.5, 0.6) is 0 Å². The van der Waals surface area contributed by atoms with Crippen molar-refractivity contribution in [2.45, 2.75) is 280 Å². The number of nitrogens with one attached hydrogen (secondary N) is 2. The minimum atomic E-state index is -5.17. The van der Waals surface area contributed by atoms with Crippen LogP contribution in [0.2, 0.25) is 0 Å². The molecule has 0 aromatic rings. The molecule has 12 amide bonds. The van der Waals surface area contributed by atoms with Crippen molar-refractivity contribution >= 4 is 70.9 Å². The number of nitrogens with zero attached hydrogens (tertiary/aromatic N) is 10. The van der Waals surface area contributed by atoms with E-state index >= 15 is 47.1 Å². The van der Waals surface area contributed by atoms with Crippen molar-refractivity contribution in [2.24, 2.45) is 35.5 Å². The van der Waals surface area contributed by atoms with Gasteiger partial charge in [0.25, 0.3) is 0 Å². The smallest absolute Gasteiger partial charge is 0.377 e. The summed E-state index contributed by atoms with van der Waals surface area (Å²) in [6.07, 6.45) is -1.89. The Kier molecular flexibility index (Phi) is 29.7. The Morgan fingerprint density at radius 2 is 1.29 bits per heavy atom. The molecule has 3 saturated heterocycles. The summed E-state index contributed by atoms with van der Waals surface area (Å²) in [7, 11) is 11.5. The van der Waals surface area contributed by atoms with Crippen molar-refractivity contribution in [3.63, 3.8) is 0 Å². The number of carbonyl (C=O) groups excluding carboxylic acids is 12. The molecular formula is C77H121F5N12O13. The average Bonchev–Trinajstić information content (AvgIpc) is 1.66. The van der Waals surface area contributed by atoms with E-state index in [1.165, 1.54) is 100 Å². The molecule has 8 aliphatic rings. The molecule has 2 bridgehead atoms. The molecule has 4 heterocycles. The second-order valence-electron chi connectivity index (χ2n) is 32.5. The highest BCUT2D eigenvalue weighted by Crippen LogP contribution is 2.46. The molecule has 1 spiro atoms. The Labute approximate surface area is 628 Å². The number of halogens is 5. The second kappa shape index (κ2) is 37.1. The van der Waals surface area contributed by atoms with Crippen molar-refractivity contribution in [3.05, 3.63) is 12.2 Å². The third-order valence-electron chi connectivity index (χ3n) is 25.3. The lowest BCUT2D eigenvalue weighted by Crippen LogP contribution is -2.65. The Morgan fingerprint density at radius 3 is 1.89 bits per heavy atom. The number of fused-ring (bicyclic) bond motifs is 4. The average molecular weight is 1520 g/mol.